The number of nitrogens with zero attached hydrogens (tertiary/aromatic N) is 1. The molecule has 116 valence electrons. The molecular weight excluding hydrogens is 334 g/mol. The van der Waals surface area contributed by atoms with Gasteiger partial charge in [0, 0.05) is 36.2 Å². The maximum Gasteiger partial charge on any atom is 0.315 e. The van der Waals surface area contributed by atoms with E-state index in [1.807, 2.05) is 39.0 Å². The second-order valence-electron chi connectivity index (χ2n) is 5.16. The summed E-state index contributed by atoms with van der Waals surface area (Å²) in [5.74, 6) is -0.0530. The lowest BCUT2D eigenvalue weighted by Crippen LogP contribution is -2.43. The topological polar surface area (TPSA) is 61.4 Å². The van der Waals surface area contributed by atoms with Crippen LogP contribution >= 0.6 is 15.9 Å². The predicted octanol–water partition coefficient (Wildman–Crippen LogP) is 2.82. The van der Waals surface area contributed by atoms with Crippen LogP contribution in [-0.4, -0.2) is 31.1 Å². The van der Waals surface area contributed by atoms with Gasteiger partial charge in [-0.25, -0.2) is 4.79 Å². The first kappa shape index (κ1) is 17.5. The zero-order valence-corrected chi connectivity index (χ0v) is 14.5. The number of benzene rings is 1. The molecule has 5 nitrogen and oxygen atoms in total. The maximum atomic E-state index is 11.8. The van der Waals surface area contributed by atoms with Crippen LogP contribution in [0, 0.1) is 6.92 Å². The van der Waals surface area contributed by atoms with Gasteiger partial charge in [0.1, 0.15) is 0 Å². The third kappa shape index (κ3) is 5.75. The van der Waals surface area contributed by atoms with E-state index in [9.17, 15) is 9.59 Å². The molecule has 0 fully saturated rings. The number of nitrogens with one attached hydrogen (secondary N) is 2. The second kappa shape index (κ2) is 8.02. The largest absolute Gasteiger partial charge is 0.336 e. The molecule has 1 aromatic carbocycles. The highest BCUT2D eigenvalue weighted by Crippen LogP contribution is 2.22. The van der Waals surface area contributed by atoms with Gasteiger partial charge in [-0.2, -0.15) is 0 Å². The zero-order valence-electron chi connectivity index (χ0n) is 12.9. The first-order valence-electron chi connectivity index (χ1n) is 6.90. The summed E-state index contributed by atoms with van der Waals surface area (Å²) in [5, 5.41) is 5.48. The van der Waals surface area contributed by atoms with Crippen molar-refractivity contribution in [3.05, 3.63) is 28.2 Å². The van der Waals surface area contributed by atoms with Crippen LogP contribution in [0.4, 0.5) is 10.5 Å². The molecule has 0 spiro atoms. The van der Waals surface area contributed by atoms with Crippen molar-refractivity contribution in [1.82, 2.24) is 10.6 Å². The molecule has 3 amide bonds. The van der Waals surface area contributed by atoms with E-state index in [-0.39, 0.29) is 18.0 Å². The summed E-state index contributed by atoms with van der Waals surface area (Å²) in [7, 11) is 0. The van der Waals surface area contributed by atoms with Gasteiger partial charge < -0.3 is 15.5 Å². The van der Waals surface area contributed by atoms with E-state index in [4.69, 9.17) is 0 Å². The molecule has 6 heteroatoms. The molecule has 0 aromatic heterocycles. The molecule has 1 rings (SSSR count). The van der Waals surface area contributed by atoms with E-state index in [0.29, 0.717) is 13.1 Å². The number of rotatable bonds is 5. The summed E-state index contributed by atoms with van der Waals surface area (Å²) in [4.78, 5) is 24.9. The first-order valence-corrected chi connectivity index (χ1v) is 7.69. The maximum absolute atomic E-state index is 11.8. The molecular formula is C15H22BrN3O2. The molecule has 0 atom stereocenters. The standard InChI is InChI=1S/C15H22BrN3O2/c1-10(2)18-15(21)17-7-8-19(12(4)20)13-5-6-14(16)11(3)9-13/h5-6,9-10H,7-8H2,1-4H3,(H2,17,18,21). The fourth-order valence-electron chi connectivity index (χ4n) is 1.86. The SMILES string of the molecule is CC(=O)N(CCNC(=O)NC(C)C)c1ccc(Br)c(C)c1. The van der Waals surface area contributed by atoms with Gasteiger partial charge in [0.05, 0.1) is 0 Å². The van der Waals surface area contributed by atoms with Gasteiger partial charge in [-0.15, -0.1) is 0 Å². The summed E-state index contributed by atoms with van der Waals surface area (Å²) in [6.07, 6.45) is 0. The summed E-state index contributed by atoms with van der Waals surface area (Å²) in [6, 6.07) is 5.61. The van der Waals surface area contributed by atoms with Crippen molar-refractivity contribution in [3.63, 3.8) is 0 Å². The van der Waals surface area contributed by atoms with Gasteiger partial charge in [-0.05, 0) is 44.5 Å². The first-order chi connectivity index (χ1) is 9.81. The summed E-state index contributed by atoms with van der Waals surface area (Å²) in [5.41, 5.74) is 1.89. The smallest absolute Gasteiger partial charge is 0.315 e. The van der Waals surface area contributed by atoms with E-state index in [0.717, 1.165) is 15.7 Å². The highest BCUT2D eigenvalue weighted by atomic mass is 79.9. The van der Waals surface area contributed by atoms with Crippen LogP contribution in [0.3, 0.4) is 0 Å². The Morgan fingerprint density at radius 3 is 2.52 bits per heavy atom. The average molecular weight is 356 g/mol. The molecule has 0 bridgehead atoms. The van der Waals surface area contributed by atoms with Crippen LogP contribution in [0.15, 0.2) is 22.7 Å². The van der Waals surface area contributed by atoms with Crippen LogP contribution in [0.25, 0.3) is 0 Å². The number of aryl methyl sites for hydroxylation is 1. The van der Waals surface area contributed by atoms with Crippen LogP contribution in [-0.2, 0) is 4.79 Å². The van der Waals surface area contributed by atoms with Crippen LogP contribution in [0.5, 0.6) is 0 Å². The third-order valence-corrected chi connectivity index (χ3v) is 3.76. The van der Waals surface area contributed by atoms with E-state index < -0.39 is 0 Å². The van der Waals surface area contributed by atoms with Crippen molar-refractivity contribution < 1.29 is 9.59 Å². The van der Waals surface area contributed by atoms with Crippen molar-refractivity contribution >= 4 is 33.6 Å². The quantitative estimate of drug-likeness (QED) is 0.852. The minimum Gasteiger partial charge on any atom is -0.336 e. The second-order valence-corrected chi connectivity index (χ2v) is 6.01. The summed E-state index contributed by atoms with van der Waals surface area (Å²) < 4.78 is 1.00. The van der Waals surface area contributed by atoms with E-state index in [1.54, 1.807) is 4.90 Å². The normalized spacial score (nSPS) is 10.4. The Balaban J connectivity index is 2.64. The number of anilines is 1. The monoisotopic (exact) mass is 355 g/mol. The van der Waals surface area contributed by atoms with Crippen molar-refractivity contribution in [2.24, 2.45) is 0 Å². The minimum absolute atomic E-state index is 0.0530. The number of hydrogen-bond acceptors (Lipinski definition) is 2. The number of carbonyl (C=O) groups is 2. The fraction of sp³-hybridized carbons (Fsp3) is 0.467. The molecule has 0 aliphatic heterocycles. The molecule has 1 aromatic rings. The van der Waals surface area contributed by atoms with Crippen LogP contribution in [0.2, 0.25) is 0 Å². The predicted molar refractivity (Wildman–Crippen MR) is 88.6 cm³/mol. The fourth-order valence-corrected chi connectivity index (χ4v) is 2.11. The Morgan fingerprint density at radius 2 is 2.00 bits per heavy atom. The van der Waals surface area contributed by atoms with Crippen molar-refractivity contribution in [2.45, 2.75) is 33.7 Å². The Labute approximate surface area is 134 Å². The summed E-state index contributed by atoms with van der Waals surface area (Å²) >= 11 is 3.44. The van der Waals surface area contributed by atoms with Gasteiger partial charge in [0.25, 0.3) is 0 Å². The Kier molecular flexibility index (Phi) is 6.68. The Hall–Kier alpha value is -1.56. The number of amides is 3. The Bertz CT molecular complexity index is 518. The molecule has 0 aliphatic rings. The van der Waals surface area contributed by atoms with Crippen molar-refractivity contribution in [1.29, 1.82) is 0 Å². The van der Waals surface area contributed by atoms with E-state index in [1.165, 1.54) is 6.92 Å². The molecule has 2 N–H and O–H groups in total. The molecule has 0 heterocycles. The van der Waals surface area contributed by atoms with Gasteiger partial charge in [0.2, 0.25) is 5.91 Å². The van der Waals surface area contributed by atoms with Crippen LogP contribution in [0.1, 0.15) is 26.3 Å². The number of urea groups is 1. The van der Waals surface area contributed by atoms with Gasteiger partial charge in [-0.1, -0.05) is 15.9 Å². The molecule has 0 radical (unpaired) electrons. The van der Waals surface area contributed by atoms with Crippen LogP contribution < -0.4 is 15.5 Å². The average Bonchev–Trinajstić information content (AvgIpc) is 2.37. The van der Waals surface area contributed by atoms with Gasteiger partial charge >= 0.3 is 6.03 Å². The molecule has 0 saturated carbocycles. The van der Waals surface area contributed by atoms with Crippen molar-refractivity contribution in [3.8, 4) is 0 Å². The number of halogens is 1. The molecule has 21 heavy (non-hydrogen) atoms. The lowest BCUT2D eigenvalue weighted by molar-refractivity contribution is -0.116. The molecule has 0 saturated heterocycles. The molecule has 0 unspecified atom stereocenters. The lowest BCUT2D eigenvalue weighted by atomic mass is 10.2. The highest BCUT2D eigenvalue weighted by Gasteiger charge is 2.12. The van der Waals surface area contributed by atoms with E-state index in [2.05, 4.69) is 26.6 Å². The molecule has 0 aliphatic carbocycles. The highest BCUT2D eigenvalue weighted by molar-refractivity contribution is 9.10. The van der Waals surface area contributed by atoms with E-state index >= 15 is 0 Å². The lowest BCUT2D eigenvalue weighted by Gasteiger charge is -2.22. The van der Waals surface area contributed by atoms with Gasteiger partial charge in [0.15, 0.2) is 0 Å². The number of carbonyl (C=O) groups excluding carboxylic acids is 2. The number of hydrogen-bond donors (Lipinski definition) is 2. The zero-order chi connectivity index (χ0) is 16.0. The van der Waals surface area contributed by atoms with Gasteiger partial charge in [-0.3, -0.25) is 4.79 Å². The van der Waals surface area contributed by atoms with Crippen molar-refractivity contribution in [2.75, 3.05) is 18.0 Å². The minimum atomic E-state index is -0.222. The summed E-state index contributed by atoms with van der Waals surface area (Å²) in [6.45, 7) is 8.11. The Morgan fingerprint density at radius 1 is 1.33 bits per heavy atom. The third-order valence-electron chi connectivity index (χ3n) is 2.87.